The van der Waals surface area contributed by atoms with Gasteiger partial charge in [-0.15, -0.1) is 0 Å². The third kappa shape index (κ3) is 3.56. The molecule has 1 aliphatic heterocycles. The summed E-state index contributed by atoms with van der Waals surface area (Å²) in [5.41, 5.74) is 2.30. The molecular weight excluding hydrogens is 320 g/mol. The first-order valence-corrected chi connectivity index (χ1v) is 8.26. The molecular formula is C18H22N4O3. The van der Waals surface area contributed by atoms with Gasteiger partial charge in [0.05, 0.1) is 12.2 Å². The van der Waals surface area contributed by atoms with Crippen molar-refractivity contribution in [1.29, 1.82) is 0 Å². The van der Waals surface area contributed by atoms with Crippen molar-refractivity contribution in [3.63, 3.8) is 0 Å². The van der Waals surface area contributed by atoms with E-state index < -0.39 is 11.5 Å². The highest BCUT2D eigenvalue weighted by atomic mass is 16.4. The van der Waals surface area contributed by atoms with Crippen LogP contribution in [0.25, 0.3) is 0 Å². The van der Waals surface area contributed by atoms with E-state index in [0.717, 1.165) is 17.0 Å². The molecule has 1 aliphatic rings. The normalized spacial score (nSPS) is 19.8. The SMILES string of the molecule is Cc1cc(C)n(Cc2ccc(C(=O)N[C@@]3(C(=O)O)CCNC3)cc2)n1. The quantitative estimate of drug-likeness (QED) is 0.756. The van der Waals surface area contributed by atoms with Gasteiger partial charge in [0.25, 0.3) is 5.91 Å². The summed E-state index contributed by atoms with van der Waals surface area (Å²) in [6, 6.07) is 9.18. The molecule has 1 aromatic heterocycles. The number of hydrogen-bond donors (Lipinski definition) is 3. The summed E-state index contributed by atoms with van der Waals surface area (Å²) >= 11 is 0. The van der Waals surface area contributed by atoms with Crippen LogP contribution >= 0.6 is 0 Å². The summed E-state index contributed by atoms with van der Waals surface area (Å²) in [4.78, 5) is 23.9. The van der Waals surface area contributed by atoms with E-state index in [2.05, 4.69) is 15.7 Å². The van der Waals surface area contributed by atoms with Gasteiger partial charge in [0, 0.05) is 17.8 Å². The Kier molecular flexibility index (Phi) is 4.59. The molecule has 3 rings (SSSR count). The van der Waals surface area contributed by atoms with Crippen LogP contribution in [-0.2, 0) is 11.3 Å². The highest BCUT2D eigenvalue weighted by molar-refractivity contribution is 5.98. The van der Waals surface area contributed by atoms with E-state index in [0.29, 0.717) is 25.1 Å². The lowest BCUT2D eigenvalue weighted by Crippen LogP contribution is -2.56. The number of hydrogen-bond acceptors (Lipinski definition) is 4. The Balaban J connectivity index is 1.70. The Morgan fingerprint density at radius 3 is 2.56 bits per heavy atom. The number of amides is 1. The lowest BCUT2D eigenvalue weighted by molar-refractivity contribution is -0.143. The van der Waals surface area contributed by atoms with Gasteiger partial charge >= 0.3 is 5.97 Å². The standard InChI is InChI=1S/C18H22N4O3/c1-12-9-13(2)22(21-12)10-14-3-5-15(6-4-14)16(23)20-18(17(24)25)7-8-19-11-18/h3-6,9,19H,7-8,10-11H2,1-2H3,(H,20,23)(H,24,25)/t18-/m0/s1. The maximum absolute atomic E-state index is 12.4. The molecule has 0 unspecified atom stereocenters. The second kappa shape index (κ2) is 6.68. The average Bonchev–Trinajstić information content (AvgIpc) is 3.16. The highest BCUT2D eigenvalue weighted by Crippen LogP contribution is 2.17. The molecule has 2 heterocycles. The van der Waals surface area contributed by atoms with Gasteiger partial charge in [0.2, 0.25) is 0 Å². The van der Waals surface area contributed by atoms with Gasteiger partial charge in [-0.25, -0.2) is 4.79 Å². The van der Waals surface area contributed by atoms with E-state index in [1.54, 1.807) is 12.1 Å². The fraction of sp³-hybridized carbons (Fsp3) is 0.389. The number of carboxylic acids is 1. The van der Waals surface area contributed by atoms with E-state index in [4.69, 9.17) is 0 Å². The molecule has 25 heavy (non-hydrogen) atoms. The third-order valence-corrected chi connectivity index (χ3v) is 4.57. The van der Waals surface area contributed by atoms with E-state index in [9.17, 15) is 14.7 Å². The van der Waals surface area contributed by atoms with Gasteiger partial charge < -0.3 is 15.7 Å². The predicted molar refractivity (Wildman–Crippen MR) is 92.6 cm³/mol. The summed E-state index contributed by atoms with van der Waals surface area (Å²) in [7, 11) is 0. The lowest BCUT2D eigenvalue weighted by atomic mass is 9.98. The summed E-state index contributed by atoms with van der Waals surface area (Å²) < 4.78 is 1.91. The van der Waals surface area contributed by atoms with Gasteiger partial charge in [-0.1, -0.05) is 12.1 Å². The number of aliphatic carboxylic acids is 1. The third-order valence-electron chi connectivity index (χ3n) is 4.57. The number of nitrogens with zero attached hydrogens (tertiary/aromatic N) is 2. The van der Waals surface area contributed by atoms with Crippen molar-refractivity contribution in [3.8, 4) is 0 Å². The monoisotopic (exact) mass is 342 g/mol. The number of rotatable bonds is 5. The minimum Gasteiger partial charge on any atom is -0.479 e. The van der Waals surface area contributed by atoms with Crippen LogP contribution in [0.3, 0.4) is 0 Å². The van der Waals surface area contributed by atoms with Crippen LogP contribution in [0.15, 0.2) is 30.3 Å². The molecule has 1 saturated heterocycles. The first kappa shape index (κ1) is 17.2. The fourth-order valence-corrected chi connectivity index (χ4v) is 3.09. The molecule has 0 radical (unpaired) electrons. The number of aryl methyl sites for hydroxylation is 2. The zero-order chi connectivity index (χ0) is 18.0. The van der Waals surface area contributed by atoms with Gasteiger partial charge in [-0.2, -0.15) is 5.10 Å². The molecule has 2 aromatic rings. The minimum absolute atomic E-state index is 0.240. The molecule has 0 spiro atoms. The summed E-state index contributed by atoms with van der Waals surface area (Å²) in [6.45, 7) is 5.40. The molecule has 7 heteroatoms. The number of carbonyl (C=O) groups is 2. The first-order valence-electron chi connectivity index (χ1n) is 8.26. The maximum Gasteiger partial charge on any atom is 0.330 e. The Morgan fingerprint density at radius 2 is 2.04 bits per heavy atom. The van der Waals surface area contributed by atoms with Crippen molar-refractivity contribution in [2.45, 2.75) is 32.4 Å². The van der Waals surface area contributed by atoms with Crippen LogP contribution in [0.1, 0.15) is 33.7 Å². The van der Waals surface area contributed by atoms with Gasteiger partial charge in [-0.3, -0.25) is 9.48 Å². The van der Waals surface area contributed by atoms with Crippen LogP contribution in [0.5, 0.6) is 0 Å². The van der Waals surface area contributed by atoms with Crippen LogP contribution in [-0.4, -0.2) is 45.4 Å². The van der Waals surface area contributed by atoms with Crippen molar-refractivity contribution < 1.29 is 14.7 Å². The first-order chi connectivity index (χ1) is 11.9. The summed E-state index contributed by atoms with van der Waals surface area (Å²) in [6.07, 6.45) is 0.379. The van der Waals surface area contributed by atoms with Crippen molar-refractivity contribution in [2.75, 3.05) is 13.1 Å². The average molecular weight is 342 g/mol. The second-order valence-electron chi connectivity index (χ2n) is 6.55. The Labute approximate surface area is 146 Å². The van der Waals surface area contributed by atoms with Crippen LogP contribution < -0.4 is 10.6 Å². The summed E-state index contributed by atoms with van der Waals surface area (Å²) in [5, 5.41) is 19.5. The predicted octanol–water partition coefficient (Wildman–Crippen LogP) is 1.09. The molecule has 0 aliphatic carbocycles. The second-order valence-corrected chi connectivity index (χ2v) is 6.55. The number of aromatic nitrogens is 2. The van der Waals surface area contributed by atoms with E-state index in [-0.39, 0.29) is 12.5 Å². The van der Waals surface area contributed by atoms with Crippen molar-refractivity contribution in [1.82, 2.24) is 20.4 Å². The number of carbonyl (C=O) groups excluding carboxylic acids is 1. The topological polar surface area (TPSA) is 96.2 Å². The Morgan fingerprint density at radius 1 is 1.32 bits per heavy atom. The molecule has 1 atom stereocenters. The van der Waals surface area contributed by atoms with Crippen molar-refractivity contribution >= 4 is 11.9 Å². The van der Waals surface area contributed by atoms with Gasteiger partial charge in [0.1, 0.15) is 0 Å². The van der Waals surface area contributed by atoms with E-state index in [1.165, 1.54) is 0 Å². The zero-order valence-electron chi connectivity index (χ0n) is 14.4. The molecule has 3 N–H and O–H groups in total. The molecule has 1 aromatic carbocycles. The molecule has 0 bridgehead atoms. The highest BCUT2D eigenvalue weighted by Gasteiger charge is 2.42. The Bertz CT molecular complexity index is 789. The zero-order valence-corrected chi connectivity index (χ0v) is 14.4. The molecule has 1 fully saturated rings. The number of benzene rings is 1. The minimum atomic E-state index is -1.22. The van der Waals surface area contributed by atoms with Gasteiger partial charge in [0.15, 0.2) is 5.54 Å². The smallest absolute Gasteiger partial charge is 0.330 e. The number of carboxylic acid groups (broad SMARTS) is 1. The lowest BCUT2D eigenvalue weighted by Gasteiger charge is -2.24. The van der Waals surface area contributed by atoms with Crippen LogP contribution in [0.4, 0.5) is 0 Å². The van der Waals surface area contributed by atoms with E-state index in [1.807, 2.05) is 36.7 Å². The molecule has 1 amide bonds. The molecule has 0 saturated carbocycles. The number of nitrogens with one attached hydrogen (secondary N) is 2. The van der Waals surface area contributed by atoms with Gasteiger partial charge in [-0.05, 0) is 50.6 Å². The van der Waals surface area contributed by atoms with E-state index >= 15 is 0 Å². The molecule has 7 nitrogen and oxygen atoms in total. The Hall–Kier alpha value is -2.67. The summed E-state index contributed by atoms with van der Waals surface area (Å²) in [5.74, 6) is -1.38. The molecule has 132 valence electrons. The van der Waals surface area contributed by atoms with Crippen LogP contribution in [0, 0.1) is 13.8 Å². The van der Waals surface area contributed by atoms with Crippen LogP contribution in [0.2, 0.25) is 0 Å². The largest absolute Gasteiger partial charge is 0.479 e. The van der Waals surface area contributed by atoms with Crippen molar-refractivity contribution in [2.24, 2.45) is 0 Å². The maximum atomic E-state index is 12.4. The fourth-order valence-electron chi connectivity index (χ4n) is 3.09. The van der Waals surface area contributed by atoms with Crippen molar-refractivity contribution in [3.05, 3.63) is 52.8 Å².